The lowest BCUT2D eigenvalue weighted by molar-refractivity contribution is -0.127. The van der Waals surface area contributed by atoms with Gasteiger partial charge < -0.3 is 16.0 Å². The Morgan fingerprint density at radius 3 is 2.94 bits per heavy atom. The zero-order chi connectivity index (χ0) is 13.3. The molecule has 96 valence electrons. The summed E-state index contributed by atoms with van der Waals surface area (Å²) in [6.45, 7) is 4.57. The zero-order valence-electron chi connectivity index (χ0n) is 10.6. The van der Waals surface area contributed by atoms with Crippen LogP contribution in [0, 0.1) is 6.92 Å². The van der Waals surface area contributed by atoms with Crippen LogP contribution in [0.15, 0.2) is 18.2 Å². The van der Waals surface area contributed by atoms with E-state index >= 15 is 0 Å². The van der Waals surface area contributed by atoms with E-state index in [2.05, 4.69) is 5.32 Å². The summed E-state index contributed by atoms with van der Waals surface area (Å²) in [5.74, 6) is -0.252. The molecule has 2 amide bonds. The van der Waals surface area contributed by atoms with Crippen LogP contribution in [0.3, 0.4) is 0 Å². The third-order valence-corrected chi connectivity index (χ3v) is 3.37. The molecule has 1 fully saturated rings. The Kier molecular flexibility index (Phi) is 3.23. The van der Waals surface area contributed by atoms with E-state index in [9.17, 15) is 9.59 Å². The first-order valence-electron chi connectivity index (χ1n) is 5.96. The van der Waals surface area contributed by atoms with Crippen LogP contribution in [0.1, 0.15) is 22.8 Å². The summed E-state index contributed by atoms with van der Waals surface area (Å²) in [6.07, 6.45) is 0. The number of anilines is 1. The minimum Gasteiger partial charge on any atom is -0.398 e. The Labute approximate surface area is 106 Å². The molecule has 0 saturated carbocycles. The van der Waals surface area contributed by atoms with Crippen molar-refractivity contribution < 1.29 is 9.59 Å². The molecule has 1 unspecified atom stereocenters. The van der Waals surface area contributed by atoms with Gasteiger partial charge in [0.2, 0.25) is 5.91 Å². The van der Waals surface area contributed by atoms with Gasteiger partial charge in [-0.2, -0.15) is 0 Å². The van der Waals surface area contributed by atoms with Gasteiger partial charge in [0, 0.05) is 24.3 Å². The first-order valence-corrected chi connectivity index (χ1v) is 5.96. The molecule has 1 heterocycles. The number of carbonyl (C=O) groups is 2. The topological polar surface area (TPSA) is 75.4 Å². The van der Waals surface area contributed by atoms with Gasteiger partial charge in [-0.1, -0.05) is 6.07 Å². The number of nitrogens with two attached hydrogens (primary N) is 1. The Bertz CT molecular complexity index is 499. The average Bonchev–Trinajstić information content (AvgIpc) is 2.35. The van der Waals surface area contributed by atoms with Crippen LogP contribution >= 0.6 is 0 Å². The molecule has 2 rings (SSSR count). The van der Waals surface area contributed by atoms with Crippen LogP contribution in [0.2, 0.25) is 0 Å². The predicted molar refractivity (Wildman–Crippen MR) is 69.1 cm³/mol. The third-order valence-electron chi connectivity index (χ3n) is 3.37. The molecule has 0 spiro atoms. The number of nitrogen functional groups attached to an aromatic ring is 1. The van der Waals surface area contributed by atoms with Crippen LogP contribution < -0.4 is 11.1 Å². The first kappa shape index (κ1) is 12.4. The number of nitrogens with zero attached hydrogens (tertiary/aromatic N) is 1. The number of amides is 2. The maximum atomic E-state index is 12.4. The van der Waals surface area contributed by atoms with Crippen molar-refractivity contribution in [2.24, 2.45) is 0 Å². The zero-order valence-corrected chi connectivity index (χ0v) is 10.6. The number of hydrogen-bond acceptors (Lipinski definition) is 3. The van der Waals surface area contributed by atoms with Crippen molar-refractivity contribution >= 4 is 17.5 Å². The van der Waals surface area contributed by atoms with Gasteiger partial charge in [0.25, 0.3) is 5.91 Å². The van der Waals surface area contributed by atoms with Gasteiger partial charge in [0.15, 0.2) is 0 Å². The molecule has 0 aliphatic carbocycles. The molecule has 5 nitrogen and oxygen atoms in total. The molecule has 0 bridgehead atoms. The van der Waals surface area contributed by atoms with Crippen molar-refractivity contribution in [3.63, 3.8) is 0 Å². The molecule has 1 aromatic rings. The summed E-state index contributed by atoms with van der Waals surface area (Å²) in [7, 11) is 0. The highest BCUT2D eigenvalue weighted by molar-refractivity contribution is 6.00. The molecule has 0 aromatic heterocycles. The molecular weight excluding hydrogens is 230 g/mol. The van der Waals surface area contributed by atoms with Crippen LogP contribution in [-0.4, -0.2) is 35.8 Å². The minimum absolute atomic E-state index is 0.115. The van der Waals surface area contributed by atoms with Crippen LogP contribution in [-0.2, 0) is 4.79 Å². The molecule has 0 radical (unpaired) electrons. The minimum atomic E-state index is -0.438. The van der Waals surface area contributed by atoms with Gasteiger partial charge in [0.05, 0.1) is 0 Å². The summed E-state index contributed by atoms with van der Waals surface area (Å²) in [4.78, 5) is 25.6. The van der Waals surface area contributed by atoms with Crippen LogP contribution in [0.5, 0.6) is 0 Å². The lowest BCUT2D eigenvalue weighted by Crippen LogP contribution is -2.55. The van der Waals surface area contributed by atoms with E-state index in [0.717, 1.165) is 5.56 Å². The summed E-state index contributed by atoms with van der Waals surface area (Å²) in [6, 6.07) is 4.82. The highest BCUT2D eigenvalue weighted by atomic mass is 16.2. The van der Waals surface area contributed by atoms with E-state index in [0.29, 0.717) is 24.3 Å². The van der Waals surface area contributed by atoms with Gasteiger partial charge in [-0.05, 0) is 31.5 Å². The average molecular weight is 247 g/mol. The van der Waals surface area contributed by atoms with E-state index in [4.69, 9.17) is 5.73 Å². The lowest BCUT2D eigenvalue weighted by Gasteiger charge is -2.33. The molecule has 1 aliphatic heterocycles. The number of piperazine rings is 1. The molecule has 1 aromatic carbocycles. The molecule has 1 aliphatic rings. The predicted octanol–water partition coefficient (Wildman–Crippen LogP) is 0.538. The maximum Gasteiger partial charge on any atom is 0.254 e. The maximum absolute atomic E-state index is 12.4. The molecule has 5 heteroatoms. The highest BCUT2D eigenvalue weighted by Crippen LogP contribution is 2.19. The standard InChI is InChI=1S/C13H17N3O2/c1-8-10(4-3-5-11(8)14)13(18)16-7-6-15-12(17)9(16)2/h3-5,9H,6-7,14H2,1-2H3,(H,15,17). The second-order valence-corrected chi connectivity index (χ2v) is 4.49. The summed E-state index contributed by atoms with van der Waals surface area (Å²) < 4.78 is 0. The third kappa shape index (κ3) is 2.03. The van der Waals surface area contributed by atoms with Crippen molar-refractivity contribution in [1.29, 1.82) is 0 Å². The van der Waals surface area contributed by atoms with Crippen molar-refractivity contribution in [2.45, 2.75) is 19.9 Å². The Morgan fingerprint density at radius 2 is 2.22 bits per heavy atom. The Hall–Kier alpha value is -2.04. The van der Waals surface area contributed by atoms with E-state index in [1.54, 1.807) is 30.0 Å². The van der Waals surface area contributed by atoms with E-state index in [1.165, 1.54) is 0 Å². The SMILES string of the molecule is Cc1c(N)cccc1C(=O)N1CCNC(=O)C1C. The van der Waals surface area contributed by atoms with Crippen LogP contribution in [0.4, 0.5) is 5.69 Å². The quantitative estimate of drug-likeness (QED) is 0.711. The number of benzene rings is 1. The van der Waals surface area contributed by atoms with Crippen molar-refractivity contribution in [3.8, 4) is 0 Å². The fraction of sp³-hybridized carbons (Fsp3) is 0.385. The fourth-order valence-electron chi connectivity index (χ4n) is 2.10. The smallest absolute Gasteiger partial charge is 0.254 e. The Balaban J connectivity index is 2.31. The number of carbonyl (C=O) groups excluding carboxylic acids is 2. The van der Waals surface area contributed by atoms with Crippen molar-refractivity contribution in [1.82, 2.24) is 10.2 Å². The second-order valence-electron chi connectivity index (χ2n) is 4.49. The highest BCUT2D eigenvalue weighted by Gasteiger charge is 2.30. The first-order chi connectivity index (χ1) is 8.52. The van der Waals surface area contributed by atoms with E-state index in [-0.39, 0.29) is 11.8 Å². The number of nitrogens with one attached hydrogen (secondary N) is 1. The van der Waals surface area contributed by atoms with Crippen molar-refractivity contribution in [3.05, 3.63) is 29.3 Å². The van der Waals surface area contributed by atoms with E-state index < -0.39 is 6.04 Å². The van der Waals surface area contributed by atoms with Gasteiger partial charge in [-0.15, -0.1) is 0 Å². The number of rotatable bonds is 1. The van der Waals surface area contributed by atoms with Gasteiger partial charge in [0.1, 0.15) is 6.04 Å². The number of hydrogen-bond donors (Lipinski definition) is 2. The van der Waals surface area contributed by atoms with E-state index in [1.807, 2.05) is 6.92 Å². The second kappa shape index (κ2) is 4.68. The fourth-order valence-corrected chi connectivity index (χ4v) is 2.10. The molecule has 18 heavy (non-hydrogen) atoms. The monoisotopic (exact) mass is 247 g/mol. The normalized spacial score (nSPS) is 19.6. The van der Waals surface area contributed by atoms with Crippen molar-refractivity contribution in [2.75, 3.05) is 18.8 Å². The molecule has 1 saturated heterocycles. The summed E-state index contributed by atoms with van der Waals surface area (Å²) in [5, 5.41) is 2.74. The Morgan fingerprint density at radius 1 is 1.50 bits per heavy atom. The lowest BCUT2D eigenvalue weighted by atomic mass is 10.0. The largest absolute Gasteiger partial charge is 0.398 e. The summed E-state index contributed by atoms with van der Waals surface area (Å²) >= 11 is 0. The van der Waals surface area contributed by atoms with Gasteiger partial charge in [-0.3, -0.25) is 9.59 Å². The molecular formula is C13H17N3O2. The van der Waals surface area contributed by atoms with Crippen LogP contribution in [0.25, 0.3) is 0 Å². The van der Waals surface area contributed by atoms with Gasteiger partial charge in [-0.25, -0.2) is 0 Å². The van der Waals surface area contributed by atoms with Gasteiger partial charge >= 0.3 is 0 Å². The summed E-state index contributed by atoms with van der Waals surface area (Å²) in [5.41, 5.74) is 7.72. The molecule has 3 N–H and O–H groups in total. The molecule has 1 atom stereocenters.